The Morgan fingerprint density at radius 3 is 2.10 bits per heavy atom. The highest BCUT2D eigenvalue weighted by molar-refractivity contribution is 7.53. The zero-order chi connectivity index (χ0) is 21.2. The normalized spacial score (nSPS) is 11.7. The van der Waals surface area contributed by atoms with Gasteiger partial charge in [0.05, 0.1) is 19.4 Å². The Hall–Kier alpha value is -2.27. The van der Waals surface area contributed by atoms with Gasteiger partial charge in [-0.2, -0.15) is 0 Å². The summed E-state index contributed by atoms with van der Waals surface area (Å²) in [4.78, 5) is 0. The zero-order valence-electron chi connectivity index (χ0n) is 17.6. The first-order chi connectivity index (χ1) is 14.6. The zero-order valence-corrected chi connectivity index (χ0v) is 18.5. The molecule has 0 saturated carbocycles. The number of hydrogen-bond acceptors (Lipinski definition) is 6. The lowest BCUT2D eigenvalue weighted by molar-refractivity contribution is 0.199. The largest absolute Gasteiger partial charge is 0.416 e. The van der Waals surface area contributed by atoms with Crippen molar-refractivity contribution in [2.24, 2.45) is 0 Å². The third-order valence-electron chi connectivity index (χ3n) is 4.63. The summed E-state index contributed by atoms with van der Waals surface area (Å²) in [6.45, 7) is 4.98. The molecule has 2 aromatic carbocycles. The Kier molecular flexibility index (Phi) is 8.38. The highest BCUT2D eigenvalue weighted by Crippen LogP contribution is 2.52. The van der Waals surface area contributed by atoms with E-state index in [4.69, 9.17) is 13.5 Å². The Bertz CT molecular complexity index is 945. The second-order valence-electron chi connectivity index (χ2n) is 7.08. The topological polar surface area (TPSA) is 74.5 Å². The molecule has 0 amide bonds. The molecule has 0 atom stereocenters. The van der Waals surface area contributed by atoms with Crippen molar-refractivity contribution in [3.63, 3.8) is 0 Å². The van der Waals surface area contributed by atoms with Crippen LogP contribution in [0.3, 0.4) is 0 Å². The summed E-state index contributed by atoms with van der Waals surface area (Å²) in [6.07, 6.45) is 3.78. The average molecular weight is 428 g/mol. The van der Waals surface area contributed by atoms with E-state index in [-0.39, 0.29) is 6.16 Å². The third kappa shape index (κ3) is 6.11. The van der Waals surface area contributed by atoms with Crippen LogP contribution in [0, 0.1) is 0 Å². The number of unbranched alkanes of at least 4 members (excludes halogenated alkanes) is 2. The molecule has 0 spiro atoms. The Morgan fingerprint density at radius 1 is 0.833 bits per heavy atom. The van der Waals surface area contributed by atoms with E-state index >= 15 is 0 Å². The molecular formula is C23H29N2O4P. The lowest BCUT2D eigenvalue weighted by atomic mass is 10.1. The lowest BCUT2D eigenvalue weighted by Gasteiger charge is -2.19. The van der Waals surface area contributed by atoms with Crippen LogP contribution in [0.5, 0.6) is 0 Å². The summed E-state index contributed by atoms with van der Waals surface area (Å²) in [7, 11) is -3.29. The van der Waals surface area contributed by atoms with Gasteiger partial charge in [0, 0.05) is 11.1 Å². The number of benzene rings is 2. The van der Waals surface area contributed by atoms with Crippen molar-refractivity contribution in [2.75, 3.05) is 13.2 Å². The van der Waals surface area contributed by atoms with Crippen LogP contribution in [0.25, 0.3) is 22.9 Å². The first kappa shape index (κ1) is 22.4. The van der Waals surface area contributed by atoms with E-state index in [2.05, 4.69) is 24.0 Å². The van der Waals surface area contributed by atoms with Gasteiger partial charge in [0.1, 0.15) is 0 Å². The van der Waals surface area contributed by atoms with Crippen molar-refractivity contribution >= 4 is 7.60 Å². The van der Waals surface area contributed by atoms with Gasteiger partial charge in [0.25, 0.3) is 0 Å². The van der Waals surface area contributed by atoms with E-state index in [0.717, 1.165) is 42.4 Å². The van der Waals surface area contributed by atoms with E-state index in [1.165, 1.54) is 0 Å². The molecule has 160 valence electrons. The molecular weight excluding hydrogens is 399 g/mol. The van der Waals surface area contributed by atoms with Crippen LogP contribution in [-0.2, 0) is 19.8 Å². The maximum Gasteiger partial charge on any atom is 0.335 e. The van der Waals surface area contributed by atoms with Gasteiger partial charge in [0.15, 0.2) is 0 Å². The van der Waals surface area contributed by atoms with Gasteiger partial charge in [-0.3, -0.25) is 4.57 Å². The van der Waals surface area contributed by atoms with Crippen LogP contribution in [-0.4, -0.2) is 23.4 Å². The van der Waals surface area contributed by atoms with Crippen LogP contribution in [0.15, 0.2) is 59.0 Å². The molecule has 0 fully saturated rings. The highest BCUT2D eigenvalue weighted by atomic mass is 31.2. The molecule has 0 aliphatic heterocycles. The summed E-state index contributed by atoms with van der Waals surface area (Å²) in [5.74, 6) is 0.833. The molecule has 3 aromatic rings. The van der Waals surface area contributed by atoms with E-state index in [1.54, 1.807) is 0 Å². The molecule has 0 unspecified atom stereocenters. The minimum Gasteiger partial charge on any atom is -0.416 e. The molecule has 30 heavy (non-hydrogen) atoms. The van der Waals surface area contributed by atoms with E-state index in [0.29, 0.717) is 25.0 Å². The molecule has 1 aromatic heterocycles. The molecule has 0 saturated heterocycles. The molecule has 7 heteroatoms. The van der Waals surface area contributed by atoms with Gasteiger partial charge >= 0.3 is 7.60 Å². The van der Waals surface area contributed by atoms with Crippen molar-refractivity contribution in [3.05, 3.63) is 60.2 Å². The van der Waals surface area contributed by atoms with E-state index in [9.17, 15) is 4.57 Å². The minimum atomic E-state index is -3.29. The summed E-state index contributed by atoms with van der Waals surface area (Å²) in [5, 5.41) is 8.39. The molecule has 0 aliphatic carbocycles. The second-order valence-corrected chi connectivity index (χ2v) is 9.13. The van der Waals surface area contributed by atoms with Gasteiger partial charge in [-0.25, -0.2) is 0 Å². The van der Waals surface area contributed by atoms with Crippen LogP contribution in [0.4, 0.5) is 0 Å². The molecule has 1 heterocycles. The SMILES string of the molecule is CCCCOP(=O)(Cc1ccccc1-c1nnc(-c2ccccc2)o1)OCCCC. The van der Waals surface area contributed by atoms with Crippen molar-refractivity contribution in [1.82, 2.24) is 10.2 Å². The monoisotopic (exact) mass is 428 g/mol. The summed E-state index contributed by atoms with van der Waals surface area (Å²) in [6, 6.07) is 17.2. The van der Waals surface area contributed by atoms with Crippen LogP contribution < -0.4 is 0 Å². The van der Waals surface area contributed by atoms with Gasteiger partial charge in [-0.05, 0) is 36.6 Å². The van der Waals surface area contributed by atoms with E-state index in [1.807, 2.05) is 54.6 Å². The molecule has 6 nitrogen and oxygen atoms in total. The van der Waals surface area contributed by atoms with Gasteiger partial charge in [-0.15, -0.1) is 10.2 Å². The second kappa shape index (κ2) is 11.2. The van der Waals surface area contributed by atoms with Crippen LogP contribution in [0.1, 0.15) is 45.1 Å². The third-order valence-corrected chi connectivity index (χ3v) is 6.51. The smallest absolute Gasteiger partial charge is 0.335 e. The molecule has 0 N–H and O–H groups in total. The fraction of sp³-hybridized carbons (Fsp3) is 0.391. The number of nitrogens with zero attached hydrogens (tertiary/aromatic N) is 2. The summed E-state index contributed by atoms with van der Waals surface area (Å²) >= 11 is 0. The fourth-order valence-electron chi connectivity index (χ4n) is 2.93. The molecule has 0 radical (unpaired) electrons. The fourth-order valence-corrected chi connectivity index (χ4v) is 4.69. The molecule has 0 bridgehead atoms. The van der Waals surface area contributed by atoms with Gasteiger partial charge < -0.3 is 13.5 Å². The van der Waals surface area contributed by atoms with Crippen LogP contribution >= 0.6 is 7.60 Å². The summed E-state index contributed by atoms with van der Waals surface area (Å²) < 4.78 is 30.9. The van der Waals surface area contributed by atoms with E-state index < -0.39 is 7.60 Å². The standard InChI is InChI=1S/C23H29N2O4P/c1-3-5-16-27-30(26,28-17-6-4-2)18-20-14-10-11-15-21(20)23-25-24-22(29-23)19-12-8-7-9-13-19/h7-15H,3-6,16-18H2,1-2H3. The number of hydrogen-bond donors (Lipinski definition) is 0. The van der Waals surface area contributed by atoms with Gasteiger partial charge in [0.2, 0.25) is 11.8 Å². The van der Waals surface area contributed by atoms with Crippen molar-refractivity contribution in [2.45, 2.75) is 45.7 Å². The van der Waals surface area contributed by atoms with Crippen molar-refractivity contribution < 1.29 is 18.0 Å². The highest BCUT2D eigenvalue weighted by Gasteiger charge is 2.27. The predicted octanol–water partition coefficient (Wildman–Crippen LogP) is 6.73. The quantitative estimate of drug-likeness (QED) is 0.235. The predicted molar refractivity (Wildman–Crippen MR) is 118 cm³/mol. The first-order valence-corrected chi connectivity index (χ1v) is 12.2. The Balaban J connectivity index is 1.84. The Labute approximate surface area is 178 Å². The first-order valence-electron chi connectivity index (χ1n) is 10.5. The van der Waals surface area contributed by atoms with Crippen molar-refractivity contribution in [3.8, 4) is 22.9 Å². The van der Waals surface area contributed by atoms with Crippen molar-refractivity contribution in [1.29, 1.82) is 0 Å². The Morgan fingerprint density at radius 2 is 1.43 bits per heavy atom. The summed E-state index contributed by atoms with van der Waals surface area (Å²) in [5.41, 5.74) is 2.40. The minimum absolute atomic E-state index is 0.166. The number of aromatic nitrogens is 2. The van der Waals surface area contributed by atoms with Crippen LogP contribution in [0.2, 0.25) is 0 Å². The maximum absolute atomic E-state index is 13.4. The molecule has 0 aliphatic rings. The lowest BCUT2D eigenvalue weighted by Crippen LogP contribution is -2.03. The van der Waals surface area contributed by atoms with Gasteiger partial charge in [-0.1, -0.05) is 63.1 Å². The number of rotatable bonds is 12. The molecule has 3 rings (SSSR count). The maximum atomic E-state index is 13.4. The average Bonchev–Trinajstić information content (AvgIpc) is 3.25.